The van der Waals surface area contributed by atoms with Crippen LogP contribution in [-0.2, 0) is 4.79 Å². The second-order valence-electron chi connectivity index (χ2n) is 10.1. The molecule has 0 bridgehead atoms. The number of fused-ring (bicyclic) bond motifs is 1. The zero-order valence-electron chi connectivity index (χ0n) is 19.6. The molecule has 1 heterocycles. The van der Waals surface area contributed by atoms with E-state index in [2.05, 4.69) is 33.7 Å². The number of nitrogens with one attached hydrogen (secondary N) is 2. The van der Waals surface area contributed by atoms with Crippen molar-refractivity contribution in [2.45, 2.75) is 52.4 Å². The minimum absolute atomic E-state index is 0.0533. The summed E-state index contributed by atoms with van der Waals surface area (Å²) in [4.78, 5) is 28.2. The maximum Gasteiger partial charge on any atom is 0.261 e. The summed E-state index contributed by atoms with van der Waals surface area (Å²) in [5, 5.41) is 7.47. The summed E-state index contributed by atoms with van der Waals surface area (Å²) in [7, 11) is 4.03. The zero-order chi connectivity index (χ0) is 22.6. The fourth-order valence-electron chi connectivity index (χ4n) is 4.27. The van der Waals surface area contributed by atoms with E-state index >= 15 is 0 Å². The topological polar surface area (TPSA) is 61.4 Å². The van der Waals surface area contributed by atoms with Gasteiger partial charge in [0.2, 0.25) is 5.91 Å². The summed E-state index contributed by atoms with van der Waals surface area (Å²) in [5.41, 5.74) is 0.891. The summed E-state index contributed by atoms with van der Waals surface area (Å²) in [6.45, 7) is 8.09. The van der Waals surface area contributed by atoms with E-state index in [9.17, 15) is 9.59 Å². The van der Waals surface area contributed by atoms with Crippen LogP contribution in [0.4, 0.5) is 0 Å². The molecule has 3 rings (SSSR count). The van der Waals surface area contributed by atoms with Gasteiger partial charge in [-0.3, -0.25) is 9.59 Å². The van der Waals surface area contributed by atoms with Crippen molar-refractivity contribution in [1.29, 1.82) is 0 Å². The van der Waals surface area contributed by atoms with E-state index in [0.29, 0.717) is 18.4 Å². The van der Waals surface area contributed by atoms with Crippen LogP contribution in [0, 0.1) is 11.3 Å². The van der Waals surface area contributed by atoms with Crippen LogP contribution in [0.25, 0.3) is 10.1 Å². The van der Waals surface area contributed by atoms with E-state index in [0.717, 1.165) is 43.6 Å². The van der Waals surface area contributed by atoms with Crippen LogP contribution in [0.15, 0.2) is 24.3 Å². The number of hydrogen-bond acceptors (Lipinski definition) is 4. The lowest BCUT2D eigenvalue weighted by atomic mass is 9.77. The Morgan fingerprint density at radius 1 is 1.06 bits per heavy atom. The molecule has 0 saturated heterocycles. The van der Waals surface area contributed by atoms with Crippen molar-refractivity contribution in [2.24, 2.45) is 11.3 Å². The molecule has 1 aliphatic rings. The highest BCUT2D eigenvalue weighted by atomic mass is 32.1. The van der Waals surface area contributed by atoms with Crippen LogP contribution in [0.2, 0.25) is 0 Å². The first-order chi connectivity index (χ1) is 14.7. The third-order valence-corrected chi connectivity index (χ3v) is 7.36. The maximum atomic E-state index is 13.0. The Morgan fingerprint density at radius 2 is 1.74 bits per heavy atom. The Balaban J connectivity index is 1.69. The molecule has 1 fully saturated rings. The van der Waals surface area contributed by atoms with Gasteiger partial charge in [-0.25, -0.2) is 0 Å². The van der Waals surface area contributed by atoms with Crippen molar-refractivity contribution < 1.29 is 9.59 Å². The number of amides is 2. The number of hydrogen-bond donors (Lipinski definition) is 2. The first-order valence-corrected chi connectivity index (χ1v) is 12.2. The predicted octanol–water partition coefficient (Wildman–Crippen LogP) is 4.63. The number of likely N-dealkylation sites (N-methyl/N-ethyl adjacent to an activating group) is 1. The molecule has 2 aromatic rings. The average molecular weight is 444 g/mol. The fourth-order valence-corrected chi connectivity index (χ4v) is 5.48. The molecule has 0 spiro atoms. The number of carbonyl (C=O) groups excluding carboxylic acids is 2. The molecule has 5 nitrogen and oxygen atoms in total. The molecular formula is C25H37N3O2S. The maximum absolute atomic E-state index is 13.0. The molecule has 170 valence electrons. The average Bonchev–Trinajstić information content (AvgIpc) is 3.11. The normalized spacial score (nSPS) is 19.5. The smallest absolute Gasteiger partial charge is 0.261 e. The van der Waals surface area contributed by atoms with Crippen LogP contribution < -0.4 is 10.6 Å². The molecule has 1 aromatic heterocycles. The lowest BCUT2D eigenvalue weighted by Gasteiger charge is -2.30. The molecule has 0 atom stereocenters. The van der Waals surface area contributed by atoms with Gasteiger partial charge < -0.3 is 15.5 Å². The SMILES string of the molecule is CN(C)CCNC(=O)c1sc2ccccc2c1C1CCC(CNC(=O)C(C)(C)C)CC1. The largest absolute Gasteiger partial charge is 0.355 e. The minimum atomic E-state index is -0.346. The summed E-state index contributed by atoms with van der Waals surface area (Å²) in [6.07, 6.45) is 4.30. The van der Waals surface area contributed by atoms with Crippen molar-refractivity contribution >= 4 is 33.2 Å². The third kappa shape index (κ3) is 6.07. The van der Waals surface area contributed by atoms with Gasteiger partial charge in [0.1, 0.15) is 0 Å². The lowest BCUT2D eigenvalue weighted by Crippen LogP contribution is -2.38. The van der Waals surface area contributed by atoms with E-state index in [1.807, 2.05) is 40.9 Å². The molecule has 1 aromatic carbocycles. The van der Waals surface area contributed by atoms with E-state index in [-0.39, 0.29) is 17.2 Å². The second-order valence-corrected chi connectivity index (χ2v) is 11.1. The molecule has 0 unspecified atom stereocenters. The molecule has 6 heteroatoms. The zero-order valence-corrected chi connectivity index (χ0v) is 20.4. The summed E-state index contributed by atoms with van der Waals surface area (Å²) in [6, 6.07) is 8.40. The van der Waals surface area contributed by atoms with E-state index < -0.39 is 0 Å². The molecular weight excluding hydrogens is 406 g/mol. The van der Waals surface area contributed by atoms with Gasteiger partial charge in [0.15, 0.2) is 0 Å². The molecule has 1 saturated carbocycles. The van der Waals surface area contributed by atoms with Gasteiger partial charge in [-0.05, 0) is 68.6 Å². The van der Waals surface area contributed by atoms with Crippen molar-refractivity contribution in [3.8, 4) is 0 Å². The molecule has 2 N–H and O–H groups in total. The number of rotatable bonds is 7. The highest BCUT2D eigenvalue weighted by molar-refractivity contribution is 7.21. The van der Waals surface area contributed by atoms with Gasteiger partial charge in [0.25, 0.3) is 5.91 Å². The number of carbonyl (C=O) groups is 2. The molecule has 31 heavy (non-hydrogen) atoms. The van der Waals surface area contributed by atoms with Gasteiger partial charge in [-0.2, -0.15) is 0 Å². The van der Waals surface area contributed by atoms with Gasteiger partial charge >= 0.3 is 0 Å². The molecule has 2 amide bonds. The van der Waals surface area contributed by atoms with Crippen LogP contribution in [0.1, 0.15) is 67.6 Å². The van der Waals surface area contributed by atoms with E-state index in [1.54, 1.807) is 11.3 Å². The Hall–Kier alpha value is -1.92. The summed E-state index contributed by atoms with van der Waals surface area (Å²) >= 11 is 1.62. The van der Waals surface area contributed by atoms with Crippen LogP contribution in [0.3, 0.4) is 0 Å². The minimum Gasteiger partial charge on any atom is -0.355 e. The highest BCUT2D eigenvalue weighted by Gasteiger charge is 2.30. The van der Waals surface area contributed by atoms with Crippen LogP contribution in [0.5, 0.6) is 0 Å². The lowest BCUT2D eigenvalue weighted by molar-refractivity contribution is -0.128. The Morgan fingerprint density at radius 3 is 2.39 bits per heavy atom. The first-order valence-electron chi connectivity index (χ1n) is 11.4. The monoisotopic (exact) mass is 443 g/mol. The number of nitrogens with zero attached hydrogens (tertiary/aromatic N) is 1. The van der Waals surface area contributed by atoms with E-state index in [1.165, 1.54) is 15.6 Å². The quantitative estimate of drug-likeness (QED) is 0.656. The van der Waals surface area contributed by atoms with Gasteiger partial charge in [0, 0.05) is 29.7 Å². The van der Waals surface area contributed by atoms with Gasteiger partial charge in [-0.1, -0.05) is 39.0 Å². The number of thiophene rings is 1. The molecule has 1 aliphatic carbocycles. The van der Waals surface area contributed by atoms with Crippen molar-refractivity contribution in [1.82, 2.24) is 15.5 Å². The van der Waals surface area contributed by atoms with Crippen molar-refractivity contribution in [3.05, 3.63) is 34.7 Å². The Kier molecular flexibility index (Phi) is 7.76. The van der Waals surface area contributed by atoms with E-state index in [4.69, 9.17) is 0 Å². The van der Waals surface area contributed by atoms with Crippen molar-refractivity contribution in [3.63, 3.8) is 0 Å². The number of benzene rings is 1. The fraction of sp³-hybridized carbons (Fsp3) is 0.600. The Labute approximate surface area is 190 Å². The summed E-state index contributed by atoms with van der Waals surface area (Å²) < 4.78 is 1.19. The first kappa shape index (κ1) is 23.7. The highest BCUT2D eigenvalue weighted by Crippen LogP contribution is 2.43. The second kappa shape index (κ2) is 10.1. The van der Waals surface area contributed by atoms with Gasteiger partial charge in [-0.15, -0.1) is 11.3 Å². The van der Waals surface area contributed by atoms with Crippen LogP contribution >= 0.6 is 11.3 Å². The molecule has 0 aliphatic heterocycles. The van der Waals surface area contributed by atoms with Crippen molar-refractivity contribution in [2.75, 3.05) is 33.7 Å². The van der Waals surface area contributed by atoms with Crippen LogP contribution in [-0.4, -0.2) is 50.4 Å². The summed E-state index contributed by atoms with van der Waals surface area (Å²) in [5.74, 6) is 1.10. The Bertz CT molecular complexity index is 905. The molecule has 0 radical (unpaired) electrons. The standard InChI is InChI=1S/C25H37N3O2S/c1-25(2,3)24(30)27-16-17-10-12-18(13-11-17)21-19-8-6-7-9-20(19)31-22(21)23(29)26-14-15-28(4)5/h6-9,17-18H,10-16H2,1-5H3,(H,26,29)(H,27,30). The third-order valence-electron chi connectivity index (χ3n) is 6.17. The van der Waals surface area contributed by atoms with Gasteiger partial charge in [0.05, 0.1) is 4.88 Å². The predicted molar refractivity (Wildman–Crippen MR) is 130 cm³/mol.